The Morgan fingerprint density at radius 3 is 2.33 bits per heavy atom. The van der Waals surface area contributed by atoms with Crippen LogP contribution in [0.2, 0.25) is 0 Å². The van der Waals surface area contributed by atoms with Crippen molar-refractivity contribution in [3.05, 3.63) is 59.4 Å². The van der Waals surface area contributed by atoms with Gasteiger partial charge >= 0.3 is 6.36 Å². The third-order valence-electron chi connectivity index (χ3n) is 2.72. The van der Waals surface area contributed by atoms with Crippen LogP contribution in [0.15, 0.2) is 42.6 Å². The van der Waals surface area contributed by atoms with E-state index in [9.17, 15) is 18.0 Å². The number of nitrogens with zero attached hydrogens (tertiary/aromatic N) is 1. The first-order valence-electron chi connectivity index (χ1n) is 6.14. The van der Waals surface area contributed by atoms with Gasteiger partial charge in [0.25, 0.3) is 0 Å². The summed E-state index contributed by atoms with van der Waals surface area (Å²) in [6.07, 6.45) is -2.99. The van der Waals surface area contributed by atoms with Crippen molar-refractivity contribution in [2.45, 2.75) is 19.7 Å². The van der Waals surface area contributed by atoms with E-state index in [0.717, 1.165) is 17.7 Å². The minimum absolute atomic E-state index is 0.0970. The molecular weight excluding hydrogens is 283 g/mol. The Morgan fingerprint density at radius 2 is 1.81 bits per heavy atom. The SMILES string of the molecule is Cc1ccc(CC(=O)c2ccc(OC(F)(F)F)cc2)nc1. The standard InChI is InChI=1S/C15H12F3NO2/c1-10-2-5-12(19-9-10)8-14(20)11-3-6-13(7-4-11)21-15(16,17)18/h2-7,9H,8H2,1H3. The molecule has 0 spiro atoms. The molecule has 0 saturated carbocycles. The molecule has 21 heavy (non-hydrogen) atoms. The summed E-state index contributed by atoms with van der Waals surface area (Å²) in [5, 5.41) is 0. The van der Waals surface area contributed by atoms with Crippen LogP contribution in [0.3, 0.4) is 0 Å². The molecule has 0 fully saturated rings. The highest BCUT2D eigenvalue weighted by Crippen LogP contribution is 2.23. The van der Waals surface area contributed by atoms with Crippen LogP contribution in [0, 0.1) is 6.92 Å². The fourth-order valence-corrected chi connectivity index (χ4v) is 1.71. The summed E-state index contributed by atoms with van der Waals surface area (Å²) in [5.74, 6) is -0.572. The van der Waals surface area contributed by atoms with E-state index in [1.54, 1.807) is 12.3 Å². The molecule has 0 amide bonds. The molecule has 0 unspecified atom stereocenters. The van der Waals surface area contributed by atoms with Gasteiger partial charge in [0.1, 0.15) is 5.75 Å². The van der Waals surface area contributed by atoms with Crippen molar-refractivity contribution >= 4 is 5.78 Å². The molecule has 0 bridgehead atoms. The summed E-state index contributed by atoms with van der Waals surface area (Å²) in [4.78, 5) is 16.1. The maximum Gasteiger partial charge on any atom is 0.573 e. The Morgan fingerprint density at radius 1 is 1.14 bits per heavy atom. The van der Waals surface area contributed by atoms with Gasteiger partial charge in [0.2, 0.25) is 0 Å². The molecular formula is C15H12F3NO2. The van der Waals surface area contributed by atoms with Crippen molar-refractivity contribution in [2.24, 2.45) is 0 Å². The maximum atomic E-state index is 12.0. The molecule has 1 aromatic carbocycles. The van der Waals surface area contributed by atoms with Crippen LogP contribution in [0.1, 0.15) is 21.6 Å². The second-order valence-electron chi connectivity index (χ2n) is 4.50. The fraction of sp³-hybridized carbons (Fsp3) is 0.200. The molecule has 0 radical (unpaired) electrons. The number of hydrogen-bond acceptors (Lipinski definition) is 3. The van der Waals surface area contributed by atoms with Crippen molar-refractivity contribution in [3.8, 4) is 5.75 Å². The van der Waals surface area contributed by atoms with Crippen molar-refractivity contribution in [1.82, 2.24) is 4.98 Å². The minimum Gasteiger partial charge on any atom is -0.406 e. The monoisotopic (exact) mass is 295 g/mol. The molecule has 1 aromatic heterocycles. The van der Waals surface area contributed by atoms with Gasteiger partial charge in [0.05, 0.1) is 6.42 Å². The number of aryl methyl sites for hydroxylation is 1. The second kappa shape index (κ2) is 5.95. The summed E-state index contributed by atoms with van der Waals surface area (Å²) in [7, 11) is 0. The first-order valence-corrected chi connectivity index (χ1v) is 6.14. The predicted octanol–water partition coefficient (Wildman–Crippen LogP) is 3.71. The number of ketones is 1. The van der Waals surface area contributed by atoms with Gasteiger partial charge in [-0.15, -0.1) is 13.2 Å². The zero-order chi connectivity index (χ0) is 15.5. The summed E-state index contributed by atoms with van der Waals surface area (Å²) >= 11 is 0. The molecule has 0 aliphatic heterocycles. The van der Waals surface area contributed by atoms with E-state index in [0.29, 0.717) is 11.3 Å². The van der Waals surface area contributed by atoms with E-state index in [4.69, 9.17) is 0 Å². The summed E-state index contributed by atoms with van der Waals surface area (Å²) in [6, 6.07) is 8.42. The Kier molecular flexibility index (Phi) is 4.26. The topological polar surface area (TPSA) is 39.2 Å². The zero-order valence-corrected chi connectivity index (χ0v) is 11.1. The molecule has 2 aromatic rings. The lowest BCUT2D eigenvalue weighted by atomic mass is 10.1. The number of hydrogen-bond donors (Lipinski definition) is 0. The average Bonchev–Trinajstić information content (AvgIpc) is 2.40. The lowest BCUT2D eigenvalue weighted by Gasteiger charge is -2.09. The normalized spacial score (nSPS) is 11.2. The fourth-order valence-electron chi connectivity index (χ4n) is 1.71. The second-order valence-corrected chi connectivity index (χ2v) is 4.50. The quantitative estimate of drug-likeness (QED) is 0.807. The minimum atomic E-state index is -4.74. The van der Waals surface area contributed by atoms with E-state index < -0.39 is 6.36 Å². The van der Waals surface area contributed by atoms with Gasteiger partial charge in [0.15, 0.2) is 5.78 Å². The number of Topliss-reactive ketones (excluding diaryl/α,β-unsaturated/α-hetero) is 1. The van der Waals surface area contributed by atoms with Crippen LogP contribution in [0.5, 0.6) is 5.75 Å². The number of pyridine rings is 1. The smallest absolute Gasteiger partial charge is 0.406 e. The van der Waals surface area contributed by atoms with Crippen molar-refractivity contribution in [1.29, 1.82) is 0 Å². The van der Waals surface area contributed by atoms with Gasteiger partial charge in [-0.3, -0.25) is 9.78 Å². The number of benzene rings is 1. The molecule has 0 N–H and O–H groups in total. The highest BCUT2D eigenvalue weighted by molar-refractivity contribution is 5.97. The van der Waals surface area contributed by atoms with Crippen molar-refractivity contribution in [3.63, 3.8) is 0 Å². The maximum absolute atomic E-state index is 12.0. The first-order chi connectivity index (χ1) is 9.83. The number of carbonyl (C=O) groups is 1. The Balaban J connectivity index is 2.04. The van der Waals surface area contributed by atoms with Crippen LogP contribution in [0.25, 0.3) is 0 Å². The zero-order valence-electron chi connectivity index (χ0n) is 11.1. The van der Waals surface area contributed by atoms with Crippen LogP contribution in [-0.4, -0.2) is 17.1 Å². The van der Waals surface area contributed by atoms with E-state index in [2.05, 4.69) is 9.72 Å². The van der Waals surface area contributed by atoms with Gasteiger partial charge in [-0.25, -0.2) is 0 Å². The lowest BCUT2D eigenvalue weighted by molar-refractivity contribution is -0.274. The van der Waals surface area contributed by atoms with Crippen molar-refractivity contribution < 1.29 is 22.7 Å². The van der Waals surface area contributed by atoms with Gasteiger partial charge in [0, 0.05) is 17.5 Å². The molecule has 1 heterocycles. The van der Waals surface area contributed by atoms with Gasteiger partial charge in [-0.1, -0.05) is 6.07 Å². The van der Waals surface area contributed by atoms with Crippen molar-refractivity contribution in [2.75, 3.05) is 0 Å². The Labute approximate surface area is 119 Å². The molecule has 0 aliphatic carbocycles. The summed E-state index contributed by atoms with van der Waals surface area (Å²) < 4.78 is 39.8. The Hall–Kier alpha value is -2.37. The third kappa shape index (κ3) is 4.59. The molecule has 6 heteroatoms. The molecule has 110 valence electrons. The van der Waals surface area contributed by atoms with Crippen LogP contribution in [0.4, 0.5) is 13.2 Å². The number of alkyl halides is 3. The third-order valence-corrected chi connectivity index (χ3v) is 2.72. The van der Waals surface area contributed by atoms with E-state index in [-0.39, 0.29) is 18.0 Å². The van der Waals surface area contributed by atoms with Crippen LogP contribution < -0.4 is 4.74 Å². The number of ether oxygens (including phenoxy) is 1. The van der Waals surface area contributed by atoms with E-state index in [1.807, 2.05) is 13.0 Å². The number of rotatable bonds is 4. The molecule has 3 nitrogen and oxygen atoms in total. The van der Waals surface area contributed by atoms with Gasteiger partial charge < -0.3 is 4.74 Å². The number of carbonyl (C=O) groups excluding carboxylic acids is 1. The molecule has 2 rings (SSSR count). The van der Waals surface area contributed by atoms with Gasteiger partial charge in [-0.05, 0) is 42.8 Å². The summed E-state index contributed by atoms with van der Waals surface area (Å²) in [5.41, 5.74) is 1.91. The highest BCUT2D eigenvalue weighted by Gasteiger charge is 2.31. The number of aromatic nitrogens is 1. The average molecular weight is 295 g/mol. The molecule has 0 saturated heterocycles. The van der Waals surface area contributed by atoms with Crippen LogP contribution >= 0.6 is 0 Å². The lowest BCUT2D eigenvalue weighted by Crippen LogP contribution is -2.17. The summed E-state index contributed by atoms with van der Waals surface area (Å²) in [6.45, 7) is 1.89. The van der Waals surface area contributed by atoms with E-state index in [1.165, 1.54) is 12.1 Å². The first kappa shape index (κ1) is 15.0. The van der Waals surface area contributed by atoms with Crippen LogP contribution in [-0.2, 0) is 6.42 Å². The number of halogens is 3. The Bertz CT molecular complexity index is 619. The molecule has 0 atom stereocenters. The highest BCUT2D eigenvalue weighted by atomic mass is 19.4. The largest absolute Gasteiger partial charge is 0.573 e. The molecule has 0 aliphatic rings. The van der Waals surface area contributed by atoms with Gasteiger partial charge in [-0.2, -0.15) is 0 Å². The predicted molar refractivity (Wildman–Crippen MR) is 70.1 cm³/mol. The van der Waals surface area contributed by atoms with E-state index >= 15 is 0 Å².